The van der Waals surface area contributed by atoms with Crippen molar-refractivity contribution in [3.63, 3.8) is 0 Å². The van der Waals surface area contributed by atoms with Crippen molar-refractivity contribution in [2.45, 2.75) is 32.8 Å². The molecule has 0 spiro atoms. The molecule has 2 heteroatoms. The van der Waals surface area contributed by atoms with Crippen LogP contribution in [-0.4, -0.2) is 18.3 Å². The Morgan fingerprint density at radius 2 is 1.87 bits per heavy atom. The van der Waals surface area contributed by atoms with Gasteiger partial charge in [0.05, 0.1) is 13.2 Å². The molecule has 0 aliphatic heterocycles. The molecule has 84 valence electrons. The molecule has 2 nitrogen and oxygen atoms in total. The fourth-order valence-corrected chi connectivity index (χ4v) is 1.72. The highest BCUT2D eigenvalue weighted by Crippen LogP contribution is 2.18. The zero-order valence-electron chi connectivity index (χ0n) is 9.73. The van der Waals surface area contributed by atoms with E-state index < -0.39 is 0 Å². The molecule has 2 atom stereocenters. The molecule has 0 heterocycles. The van der Waals surface area contributed by atoms with Gasteiger partial charge < -0.3 is 9.84 Å². The van der Waals surface area contributed by atoms with Crippen molar-refractivity contribution in [1.29, 1.82) is 0 Å². The van der Waals surface area contributed by atoms with Gasteiger partial charge in [-0.2, -0.15) is 0 Å². The summed E-state index contributed by atoms with van der Waals surface area (Å²) in [5.41, 5.74) is 1.25. The van der Waals surface area contributed by atoms with Gasteiger partial charge in [0.15, 0.2) is 0 Å². The number of hydrogen-bond donors (Lipinski definition) is 1. The molecule has 0 amide bonds. The molecule has 0 saturated heterocycles. The molecule has 1 aromatic carbocycles. The summed E-state index contributed by atoms with van der Waals surface area (Å²) < 4.78 is 5.10. The fraction of sp³-hybridized carbons (Fsp3) is 0.538. The van der Waals surface area contributed by atoms with Gasteiger partial charge in [-0.15, -0.1) is 0 Å². The van der Waals surface area contributed by atoms with Crippen LogP contribution >= 0.6 is 0 Å². The summed E-state index contributed by atoms with van der Waals surface area (Å²) in [5, 5.41) is 9.55. The molecule has 0 aromatic heterocycles. The van der Waals surface area contributed by atoms with Crippen LogP contribution in [0.3, 0.4) is 0 Å². The van der Waals surface area contributed by atoms with Crippen LogP contribution in [0.25, 0.3) is 0 Å². The zero-order valence-corrected chi connectivity index (χ0v) is 9.73. The Morgan fingerprint density at radius 1 is 1.27 bits per heavy atom. The standard InChI is InChI=1S/C13H20O2/c1-4-12(10(2)14)9-11-5-7-13(15-3)8-6-11/h5-8,10,12,14H,4,9H2,1-3H3. The third-order valence-electron chi connectivity index (χ3n) is 2.86. The number of aliphatic hydroxyl groups is 1. The van der Waals surface area contributed by atoms with Gasteiger partial charge in [-0.3, -0.25) is 0 Å². The van der Waals surface area contributed by atoms with E-state index in [2.05, 4.69) is 19.1 Å². The third-order valence-corrected chi connectivity index (χ3v) is 2.86. The van der Waals surface area contributed by atoms with Gasteiger partial charge in [0.25, 0.3) is 0 Å². The van der Waals surface area contributed by atoms with Crippen molar-refractivity contribution >= 4 is 0 Å². The molecule has 2 unspecified atom stereocenters. The Bertz CT molecular complexity index is 277. The molecular weight excluding hydrogens is 188 g/mol. The fourth-order valence-electron chi connectivity index (χ4n) is 1.72. The lowest BCUT2D eigenvalue weighted by Crippen LogP contribution is -2.18. The average molecular weight is 208 g/mol. The SMILES string of the molecule is CCC(Cc1ccc(OC)cc1)C(C)O. The predicted molar refractivity (Wildman–Crippen MR) is 62.2 cm³/mol. The van der Waals surface area contributed by atoms with Crippen LogP contribution in [0.1, 0.15) is 25.8 Å². The van der Waals surface area contributed by atoms with Crippen LogP contribution in [-0.2, 0) is 6.42 Å². The van der Waals surface area contributed by atoms with Gasteiger partial charge in [-0.25, -0.2) is 0 Å². The summed E-state index contributed by atoms with van der Waals surface area (Å²) in [5.74, 6) is 1.22. The quantitative estimate of drug-likeness (QED) is 0.806. The minimum atomic E-state index is -0.239. The van der Waals surface area contributed by atoms with E-state index in [1.807, 2.05) is 19.1 Å². The largest absolute Gasteiger partial charge is 0.497 e. The summed E-state index contributed by atoms with van der Waals surface area (Å²) in [4.78, 5) is 0. The van der Waals surface area contributed by atoms with Crippen molar-refractivity contribution in [3.05, 3.63) is 29.8 Å². The van der Waals surface area contributed by atoms with Crippen LogP contribution in [0.2, 0.25) is 0 Å². The van der Waals surface area contributed by atoms with Crippen LogP contribution < -0.4 is 4.74 Å². The number of ether oxygens (including phenoxy) is 1. The highest BCUT2D eigenvalue weighted by molar-refractivity contribution is 5.27. The van der Waals surface area contributed by atoms with Gasteiger partial charge in [-0.05, 0) is 37.0 Å². The van der Waals surface area contributed by atoms with Crippen molar-refractivity contribution in [3.8, 4) is 5.75 Å². The Hall–Kier alpha value is -1.02. The normalized spacial score (nSPS) is 14.7. The van der Waals surface area contributed by atoms with E-state index in [1.165, 1.54) is 5.56 Å². The first-order valence-corrected chi connectivity index (χ1v) is 5.48. The lowest BCUT2D eigenvalue weighted by molar-refractivity contribution is 0.123. The second-order valence-electron chi connectivity index (χ2n) is 3.96. The molecule has 1 rings (SSSR count). The number of rotatable bonds is 5. The van der Waals surface area contributed by atoms with E-state index in [-0.39, 0.29) is 6.10 Å². The van der Waals surface area contributed by atoms with Gasteiger partial charge in [0, 0.05) is 0 Å². The number of benzene rings is 1. The Balaban J connectivity index is 2.63. The van der Waals surface area contributed by atoms with Crippen LogP contribution in [0.5, 0.6) is 5.75 Å². The average Bonchev–Trinajstić information content (AvgIpc) is 2.26. The van der Waals surface area contributed by atoms with Crippen LogP contribution in [0, 0.1) is 5.92 Å². The van der Waals surface area contributed by atoms with E-state index in [1.54, 1.807) is 7.11 Å². The Labute approximate surface area is 91.9 Å². The maximum Gasteiger partial charge on any atom is 0.118 e. The highest BCUT2D eigenvalue weighted by atomic mass is 16.5. The lowest BCUT2D eigenvalue weighted by Gasteiger charge is -2.17. The number of aliphatic hydroxyl groups excluding tert-OH is 1. The summed E-state index contributed by atoms with van der Waals surface area (Å²) in [6.07, 6.45) is 1.69. The smallest absolute Gasteiger partial charge is 0.118 e. The molecule has 0 fully saturated rings. The van der Waals surface area contributed by atoms with Crippen LogP contribution in [0.15, 0.2) is 24.3 Å². The van der Waals surface area contributed by atoms with Crippen molar-refractivity contribution in [1.82, 2.24) is 0 Å². The van der Waals surface area contributed by atoms with E-state index in [0.717, 1.165) is 18.6 Å². The predicted octanol–water partition coefficient (Wildman–Crippen LogP) is 2.64. The monoisotopic (exact) mass is 208 g/mol. The van der Waals surface area contributed by atoms with Gasteiger partial charge in [0.1, 0.15) is 5.75 Å². The first-order valence-electron chi connectivity index (χ1n) is 5.48. The third kappa shape index (κ3) is 3.56. The molecule has 0 bridgehead atoms. The minimum Gasteiger partial charge on any atom is -0.497 e. The van der Waals surface area contributed by atoms with Crippen molar-refractivity contribution in [2.24, 2.45) is 5.92 Å². The van der Waals surface area contributed by atoms with E-state index >= 15 is 0 Å². The maximum atomic E-state index is 9.55. The molecule has 1 N–H and O–H groups in total. The summed E-state index contributed by atoms with van der Waals surface area (Å²) in [6, 6.07) is 8.04. The molecule has 15 heavy (non-hydrogen) atoms. The molecule has 0 aliphatic rings. The van der Waals surface area contributed by atoms with Gasteiger partial charge in [-0.1, -0.05) is 25.5 Å². The number of hydrogen-bond acceptors (Lipinski definition) is 2. The van der Waals surface area contributed by atoms with Crippen molar-refractivity contribution in [2.75, 3.05) is 7.11 Å². The van der Waals surface area contributed by atoms with E-state index in [9.17, 15) is 5.11 Å². The topological polar surface area (TPSA) is 29.5 Å². The van der Waals surface area contributed by atoms with Crippen LogP contribution in [0.4, 0.5) is 0 Å². The molecule has 0 radical (unpaired) electrons. The Morgan fingerprint density at radius 3 is 2.27 bits per heavy atom. The summed E-state index contributed by atoms with van der Waals surface area (Å²) >= 11 is 0. The first-order chi connectivity index (χ1) is 7.17. The minimum absolute atomic E-state index is 0.239. The number of methoxy groups -OCH3 is 1. The Kier molecular flexibility index (Phi) is 4.63. The molecule has 1 aromatic rings. The lowest BCUT2D eigenvalue weighted by atomic mass is 9.92. The van der Waals surface area contributed by atoms with Gasteiger partial charge in [0.2, 0.25) is 0 Å². The molecular formula is C13H20O2. The van der Waals surface area contributed by atoms with Crippen molar-refractivity contribution < 1.29 is 9.84 Å². The maximum absolute atomic E-state index is 9.55. The molecule has 0 aliphatic carbocycles. The summed E-state index contributed by atoms with van der Waals surface area (Å²) in [7, 11) is 1.67. The summed E-state index contributed by atoms with van der Waals surface area (Å²) in [6.45, 7) is 3.97. The van der Waals surface area contributed by atoms with E-state index in [4.69, 9.17) is 4.74 Å². The van der Waals surface area contributed by atoms with Gasteiger partial charge >= 0.3 is 0 Å². The second-order valence-corrected chi connectivity index (χ2v) is 3.96. The second kappa shape index (κ2) is 5.76. The molecule has 0 saturated carbocycles. The zero-order chi connectivity index (χ0) is 11.3. The highest BCUT2D eigenvalue weighted by Gasteiger charge is 2.12. The first kappa shape index (κ1) is 12.1. The van der Waals surface area contributed by atoms with E-state index in [0.29, 0.717) is 5.92 Å².